The highest BCUT2D eigenvalue weighted by Crippen LogP contribution is 2.30. The number of nitriles is 1. The smallest absolute Gasteiger partial charge is 0.241 e. The van der Waals surface area contributed by atoms with E-state index in [1.54, 1.807) is 45.0 Å². The van der Waals surface area contributed by atoms with E-state index in [0.717, 1.165) is 6.42 Å². The quantitative estimate of drug-likeness (QED) is 0.344. The largest absolute Gasteiger partial charge is 0.398 e. The third-order valence-corrected chi connectivity index (χ3v) is 7.02. The van der Waals surface area contributed by atoms with Crippen LogP contribution in [0.2, 0.25) is 0 Å². The van der Waals surface area contributed by atoms with Crippen molar-refractivity contribution in [1.82, 2.24) is 4.72 Å². The molecule has 0 heterocycles. The number of hydrogen-bond acceptors (Lipinski definition) is 6. The van der Waals surface area contributed by atoms with E-state index >= 15 is 4.39 Å². The summed E-state index contributed by atoms with van der Waals surface area (Å²) in [6, 6.07) is 12.6. The highest BCUT2D eigenvalue weighted by Gasteiger charge is 2.28. The Labute approximate surface area is 207 Å². The minimum atomic E-state index is -3.86. The summed E-state index contributed by atoms with van der Waals surface area (Å²) in [6.45, 7) is 7.16. The Balaban J connectivity index is 2.46. The van der Waals surface area contributed by atoms with Gasteiger partial charge in [-0.15, -0.1) is 0 Å². The summed E-state index contributed by atoms with van der Waals surface area (Å²) in [5.74, 6) is -1.76. The van der Waals surface area contributed by atoms with E-state index in [2.05, 4.69) is 9.88 Å². The zero-order valence-corrected chi connectivity index (χ0v) is 21.6. The Morgan fingerprint density at radius 3 is 2.49 bits per heavy atom. The van der Waals surface area contributed by atoms with Crippen LogP contribution >= 0.6 is 0 Å². The summed E-state index contributed by atoms with van der Waals surface area (Å²) >= 11 is 0. The van der Waals surface area contributed by atoms with Crippen molar-refractivity contribution in [3.63, 3.8) is 0 Å². The molecule has 0 aliphatic heterocycles. The van der Waals surface area contributed by atoms with Crippen molar-refractivity contribution < 1.29 is 22.4 Å². The first kappa shape index (κ1) is 28.1. The maximum Gasteiger partial charge on any atom is 0.241 e. The predicted octanol–water partition coefficient (Wildman–Crippen LogP) is 5.01. The summed E-state index contributed by atoms with van der Waals surface area (Å²) in [5.41, 5.74) is 0.144. The Bertz CT molecular complexity index is 1230. The van der Waals surface area contributed by atoms with Crippen LogP contribution in [0.4, 0.5) is 4.39 Å². The number of halogens is 1. The number of sulfonamides is 1. The van der Waals surface area contributed by atoms with Gasteiger partial charge >= 0.3 is 0 Å². The molecule has 7 nitrogen and oxygen atoms in total. The van der Waals surface area contributed by atoms with Crippen molar-refractivity contribution in [3.05, 3.63) is 53.8 Å². The third kappa shape index (κ3) is 7.70. The fourth-order valence-electron chi connectivity index (χ4n) is 3.65. The Morgan fingerprint density at radius 1 is 1.23 bits per heavy atom. The van der Waals surface area contributed by atoms with Gasteiger partial charge in [0.05, 0.1) is 10.8 Å². The van der Waals surface area contributed by atoms with Crippen LogP contribution in [0.5, 0.6) is 0 Å². The number of oxime groups is 1. The molecule has 35 heavy (non-hydrogen) atoms. The predicted molar refractivity (Wildman–Crippen MR) is 134 cm³/mol. The average Bonchev–Trinajstić information content (AvgIpc) is 2.79. The first-order chi connectivity index (χ1) is 16.4. The third-order valence-electron chi connectivity index (χ3n) is 5.20. The molecule has 0 fully saturated rings. The summed E-state index contributed by atoms with van der Waals surface area (Å²) < 4.78 is 43.8. The maximum atomic E-state index is 15.2. The Kier molecular flexibility index (Phi) is 9.69. The fraction of sp³-hybridized carbons (Fsp3) is 0.423. The molecule has 188 valence electrons. The second-order valence-electron chi connectivity index (χ2n) is 9.26. The van der Waals surface area contributed by atoms with Crippen LogP contribution < -0.4 is 4.72 Å². The zero-order valence-electron chi connectivity index (χ0n) is 20.8. The van der Waals surface area contributed by atoms with Gasteiger partial charge < -0.3 is 4.84 Å². The molecule has 0 saturated heterocycles. The zero-order chi connectivity index (χ0) is 26.2. The minimum Gasteiger partial charge on any atom is -0.398 e. The van der Waals surface area contributed by atoms with E-state index in [9.17, 15) is 18.5 Å². The molecule has 1 unspecified atom stereocenters. The maximum absolute atomic E-state index is 15.2. The van der Waals surface area contributed by atoms with Crippen molar-refractivity contribution in [2.75, 3.05) is 7.11 Å². The number of benzene rings is 2. The molecule has 9 heteroatoms. The second-order valence-corrected chi connectivity index (χ2v) is 10.9. The average molecular weight is 502 g/mol. The van der Waals surface area contributed by atoms with Crippen LogP contribution in [0.15, 0.2) is 52.5 Å². The van der Waals surface area contributed by atoms with E-state index in [-0.39, 0.29) is 34.8 Å². The fourth-order valence-corrected chi connectivity index (χ4v) is 5.30. The van der Waals surface area contributed by atoms with Crippen LogP contribution in [0, 0.1) is 23.1 Å². The second kappa shape index (κ2) is 12.0. The molecule has 0 spiro atoms. The van der Waals surface area contributed by atoms with E-state index in [1.165, 1.54) is 25.3 Å². The minimum absolute atomic E-state index is 0.0358. The van der Waals surface area contributed by atoms with Gasteiger partial charge in [0.15, 0.2) is 5.71 Å². The van der Waals surface area contributed by atoms with Crippen LogP contribution in [0.3, 0.4) is 0 Å². The summed E-state index contributed by atoms with van der Waals surface area (Å²) in [4.78, 5) is 17.5. The normalized spacial score (nSPS) is 13.2. The first-order valence-corrected chi connectivity index (χ1v) is 12.9. The molecule has 0 aromatic heterocycles. The molecule has 0 aliphatic carbocycles. The number of nitrogens with one attached hydrogen (secondary N) is 1. The summed E-state index contributed by atoms with van der Waals surface area (Å²) in [7, 11) is -2.58. The number of carbonyl (C=O) groups is 1. The van der Waals surface area contributed by atoms with Gasteiger partial charge in [0.25, 0.3) is 0 Å². The molecule has 2 aromatic rings. The number of Topliss-reactive ketones (excluding diaryl/α,β-unsaturated/α-hetero) is 1. The summed E-state index contributed by atoms with van der Waals surface area (Å²) in [6.07, 6.45) is 1.64. The standard InChI is InChI=1S/C26H32FN3O4S/c1-6-7-11-24(31)21(23(17-28)29-34-5)15-19-14-13-18(16-22(19)27)20-10-8-9-12-25(20)35(32,33)30-26(2,3)4/h8-10,12-14,16,21,30H,6-7,11,15H2,1-5H3/b29-23-. The Hall–Kier alpha value is -3.09. The molecule has 1 N–H and O–H groups in total. The van der Waals surface area contributed by atoms with Crippen LogP contribution in [-0.4, -0.2) is 32.6 Å². The molecule has 1 atom stereocenters. The van der Waals surface area contributed by atoms with Crippen molar-refractivity contribution in [2.45, 2.75) is 63.8 Å². The molecule has 2 rings (SSSR count). The molecule has 0 saturated carbocycles. The number of hydrogen-bond donors (Lipinski definition) is 1. The van der Waals surface area contributed by atoms with E-state index in [1.807, 2.05) is 13.0 Å². The molecule has 2 aromatic carbocycles. The van der Waals surface area contributed by atoms with Gasteiger partial charge in [-0.1, -0.05) is 48.8 Å². The number of ketones is 1. The van der Waals surface area contributed by atoms with Gasteiger partial charge in [-0.2, -0.15) is 5.26 Å². The lowest BCUT2D eigenvalue weighted by Gasteiger charge is -2.21. The van der Waals surface area contributed by atoms with Crippen LogP contribution in [0.25, 0.3) is 11.1 Å². The van der Waals surface area contributed by atoms with Crippen LogP contribution in [-0.2, 0) is 26.1 Å². The van der Waals surface area contributed by atoms with E-state index in [4.69, 9.17) is 4.84 Å². The van der Waals surface area contributed by atoms with Crippen molar-refractivity contribution in [3.8, 4) is 17.2 Å². The van der Waals surface area contributed by atoms with Gasteiger partial charge in [-0.3, -0.25) is 4.79 Å². The number of nitrogens with zero attached hydrogens (tertiary/aromatic N) is 2. The molecular weight excluding hydrogens is 469 g/mol. The first-order valence-electron chi connectivity index (χ1n) is 11.4. The van der Waals surface area contributed by atoms with Crippen molar-refractivity contribution in [2.24, 2.45) is 11.1 Å². The highest BCUT2D eigenvalue weighted by molar-refractivity contribution is 7.89. The van der Waals surface area contributed by atoms with E-state index in [0.29, 0.717) is 17.5 Å². The van der Waals surface area contributed by atoms with Gasteiger partial charge in [0.2, 0.25) is 10.0 Å². The lowest BCUT2D eigenvalue weighted by molar-refractivity contribution is -0.121. The number of unbranched alkanes of at least 4 members (excludes halogenated alkanes) is 1. The van der Waals surface area contributed by atoms with Gasteiger partial charge in [-0.05, 0) is 56.9 Å². The monoisotopic (exact) mass is 501 g/mol. The molecule has 0 amide bonds. The van der Waals surface area contributed by atoms with Crippen LogP contribution in [0.1, 0.15) is 52.5 Å². The Morgan fingerprint density at radius 2 is 1.91 bits per heavy atom. The lowest BCUT2D eigenvalue weighted by Crippen LogP contribution is -2.40. The molecule has 0 radical (unpaired) electrons. The summed E-state index contributed by atoms with van der Waals surface area (Å²) in [5, 5.41) is 13.1. The number of rotatable bonds is 11. The lowest BCUT2D eigenvalue weighted by atomic mass is 9.88. The molecular formula is C26H32FN3O4S. The van der Waals surface area contributed by atoms with Crippen molar-refractivity contribution >= 4 is 21.5 Å². The highest BCUT2D eigenvalue weighted by atomic mass is 32.2. The molecule has 0 aliphatic rings. The SMILES string of the molecule is CCCCC(=O)C(Cc1ccc(-c2ccccc2S(=O)(=O)NC(C)(C)C)cc1F)/C(C#N)=N\OC. The van der Waals surface area contributed by atoms with Gasteiger partial charge in [-0.25, -0.2) is 17.5 Å². The van der Waals surface area contributed by atoms with Crippen molar-refractivity contribution in [1.29, 1.82) is 5.26 Å². The topological polar surface area (TPSA) is 109 Å². The van der Waals surface area contributed by atoms with Gasteiger partial charge in [0.1, 0.15) is 24.8 Å². The van der Waals surface area contributed by atoms with E-state index < -0.39 is 27.3 Å². The molecule has 0 bridgehead atoms. The van der Waals surface area contributed by atoms with Gasteiger partial charge in [0, 0.05) is 17.5 Å². The number of carbonyl (C=O) groups excluding carboxylic acids is 1.